The first-order chi connectivity index (χ1) is 7.75. The SMILES string of the molecule is O=C(O)c1c(NC2CC2)nc2ccccn12. The van der Waals surface area contributed by atoms with Crippen LogP contribution in [0.1, 0.15) is 23.3 Å². The van der Waals surface area contributed by atoms with Gasteiger partial charge in [0, 0.05) is 12.2 Å². The molecule has 5 nitrogen and oxygen atoms in total. The van der Waals surface area contributed by atoms with Crippen LogP contribution in [-0.2, 0) is 0 Å². The van der Waals surface area contributed by atoms with E-state index < -0.39 is 5.97 Å². The Morgan fingerprint density at radius 1 is 1.50 bits per heavy atom. The number of hydrogen-bond donors (Lipinski definition) is 2. The smallest absolute Gasteiger partial charge is 0.356 e. The maximum atomic E-state index is 11.2. The largest absolute Gasteiger partial charge is 0.476 e. The van der Waals surface area contributed by atoms with E-state index in [4.69, 9.17) is 0 Å². The van der Waals surface area contributed by atoms with Crippen LogP contribution < -0.4 is 5.32 Å². The van der Waals surface area contributed by atoms with Crippen LogP contribution >= 0.6 is 0 Å². The molecule has 1 aliphatic rings. The molecular formula is C11H11N3O2. The van der Waals surface area contributed by atoms with Gasteiger partial charge in [0.05, 0.1) is 0 Å². The van der Waals surface area contributed by atoms with Gasteiger partial charge in [-0.05, 0) is 25.0 Å². The van der Waals surface area contributed by atoms with E-state index in [1.807, 2.05) is 6.07 Å². The molecule has 2 heterocycles. The van der Waals surface area contributed by atoms with Crippen molar-refractivity contribution in [1.29, 1.82) is 0 Å². The van der Waals surface area contributed by atoms with Gasteiger partial charge in [-0.15, -0.1) is 0 Å². The first kappa shape index (κ1) is 9.21. The minimum atomic E-state index is -0.957. The maximum absolute atomic E-state index is 11.2. The van der Waals surface area contributed by atoms with Crippen LogP contribution in [-0.4, -0.2) is 26.5 Å². The molecule has 82 valence electrons. The Bertz CT molecular complexity index is 557. The molecule has 2 aromatic rings. The van der Waals surface area contributed by atoms with Crippen molar-refractivity contribution in [2.45, 2.75) is 18.9 Å². The van der Waals surface area contributed by atoms with E-state index in [1.165, 1.54) is 0 Å². The number of aromatic carboxylic acids is 1. The summed E-state index contributed by atoms with van der Waals surface area (Å²) in [6.45, 7) is 0. The Morgan fingerprint density at radius 2 is 2.31 bits per heavy atom. The monoisotopic (exact) mass is 217 g/mol. The number of pyridine rings is 1. The molecule has 0 aliphatic heterocycles. The van der Waals surface area contributed by atoms with E-state index >= 15 is 0 Å². The zero-order chi connectivity index (χ0) is 11.1. The molecule has 3 rings (SSSR count). The standard InChI is InChI=1S/C11H11N3O2/c15-11(16)9-10(12-7-4-5-7)13-8-3-1-2-6-14(8)9/h1-3,6-7,12H,4-5H2,(H,15,16). The van der Waals surface area contributed by atoms with Crippen molar-refractivity contribution in [3.05, 3.63) is 30.1 Å². The van der Waals surface area contributed by atoms with Gasteiger partial charge in [-0.3, -0.25) is 4.40 Å². The minimum Gasteiger partial charge on any atom is -0.476 e. The van der Waals surface area contributed by atoms with E-state index in [1.54, 1.807) is 22.7 Å². The molecule has 2 aromatic heterocycles. The average molecular weight is 217 g/mol. The Morgan fingerprint density at radius 3 is 3.00 bits per heavy atom. The summed E-state index contributed by atoms with van der Waals surface area (Å²) in [6, 6.07) is 5.82. The quantitative estimate of drug-likeness (QED) is 0.819. The summed E-state index contributed by atoms with van der Waals surface area (Å²) in [6.07, 6.45) is 3.89. The number of carboxylic acid groups (broad SMARTS) is 1. The summed E-state index contributed by atoms with van der Waals surface area (Å²) < 4.78 is 1.59. The lowest BCUT2D eigenvalue weighted by Crippen LogP contribution is -2.09. The van der Waals surface area contributed by atoms with Gasteiger partial charge >= 0.3 is 5.97 Å². The number of anilines is 1. The predicted octanol–water partition coefficient (Wildman–Crippen LogP) is 1.61. The molecule has 1 saturated carbocycles. The number of fused-ring (bicyclic) bond motifs is 1. The lowest BCUT2D eigenvalue weighted by Gasteiger charge is -2.01. The highest BCUT2D eigenvalue weighted by Gasteiger charge is 2.26. The molecule has 5 heteroatoms. The molecule has 0 saturated heterocycles. The third kappa shape index (κ3) is 1.41. The number of nitrogens with one attached hydrogen (secondary N) is 1. The van der Waals surface area contributed by atoms with Crippen molar-refractivity contribution < 1.29 is 9.90 Å². The van der Waals surface area contributed by atoms with Crippen LogP contribution in [0.5, 0.6) is 0 Å². The van der Waals surface area contributed by atoms with Gasteiger partial charge in [0.2, 0.25) is 0 Å². The molecule has 0 radical (unpaired) electrons. The second-order valence-electron chi connectivity index (χ2n) is 3.96. The number of rotatable bonds is 3. The maximum Gasteiger partial charge on any atom is 0.356 e. The van der Waals surface area contributed by atoms with Gasteiger partial charge < -0.3 is 10.4 Å². The second kappa shape index (κ2) is 3.23. The summed E-state index contributed by atoms with van der Waals surface area (Å²) in [5.41, 5.74) is 0.866. The lowest BCUT2D eigenvalue weighted by atomic mass is 10.4. The Balaban J connectivity index is 2.17. The van der Waals surface area contributed by atoms with Gasteiger partial charge in [0.25, 0.3) is 0 Å². The molecule has 0 amide bonds. The van der Waals surface area contributed by atoms with Crippen molar-refractivity contribution in [2.75, 3.05) is 5.32 Å². The van der Waals surface area contributed by atoms with Crippen LogP contribution in [0.2, 0.25) is 0 Å². The summed E-state index contributed by atoms with van der Waals surface area (Å²) in [5, 5.41) is 12.3. The fourth-order valence-corrected chi connectivity index (χ4v) is 1.72. The summed E-state index contributed by atoms with van der Waals surface area (Å²) in [5.74, 6) is -0.483. The molecule has 0 bridgehead atoms. The minimum absolute atomic E-state index is 0.211. The molecule has 1 fully saturated rings. The third-order valence-corrected chi connectivity index (χ3v) is 2.65. The van der Waals surface area contributed by atoms with Gasteiger partial charge in [-0.2, -0.15) is 0 Å². The molecule has 2 N–H and O–H groups in total. The topological polar surface area (TPSA) is 66.6 Å². The van der Waals surface area contributed by atoms with E-state index in [-0.39, 0.29) is 5.69 Å². The summed E-state index contributed by atoms with van der Waals surface area (Å²) in [4.78, 5) is 15.5. The number of carbonyl (C=O) groups is 1. The van der Waals surface area contributed by atoms with Crippen LogP contribution in [0.3, 0.4) is 0 Å². The fourth-order valence-electron chi connectivity index (χ4n) is 1.72. The predicted molar refractivity (Wildman–Crippen MR) is 58.8 cm³/mol. The number of imidazole rings is 1. The first-order valence-corrected chi connectivity index (χ1v) is 5.22. The van der Waals surface area contributed by atoms with Crippen molar-refractivity contribution in [2.24, 2.45) is 0 Å². The summed E-state index contributed by atoms with van der Waals surface area (Å²) >= 11 is 0. The number of hydrogen-bond acceptors (Lipinski definition) is 3. The number of aromatic nitrogens is 2. The molecular weight excluding hydrogens is 206 g/mol. The first-order valence-electron chi connectivity index (χ1n) is 5.22. The zero-order valence-electron chi connectivity index (χ0n) is 8.55. The van der Waals surface area contributed by atoms with Crippen molar-refractivity contribution in [3.63, 3.8) is 0 Å². The Hall–Kier alpha value is -2.04. The number of carboxylic acids is 1. The fraction of sp³-hybridized carbons (Fsp3) is 0.273. The summed E-state index contributed by atoms with van der Waals surface area (Å²) in [7, 11) is 0. The van der Waals surface area contributed by atoms with Gasteiger partial charge in [-0.25, -0.2) is 9.78 Å². The van der Waals surface area contributed by atoms with Crippen LogP contribution in [0.4, 0.5) is 5.82 Å². The van der Waals surface area contributed by atoms with E-state index in [0.717, 1.165) is 12.8 Å². The Labute approximate surface area is 91.7 Å². The normalized spacial score (nSPS) is 15.2. The second-order valence-corrected chi connectivity index (χ2v) is 3.96. The molecule has 0 aromatic carbocycles. The number of nitrogens with zero attached hydrogens (tertiary/aromatic N) is 2. The van der Waals surface area contributed by atoms with Crippen molar-refractivity contribution in [1.82, 2.24) is 9.38 Å². The van der Waals surface area contributed by atoms with Crippen LogP contribution in [0.15, 0.2) is 24.4 Å². The van der Waals surface area contributed by atoms with Crippen LogP contribution in [0.25, 0.3) is 5.65 Å². The molecule has 1 aliphatic carbocycles. The Kier molecular flexibility index (Phi) is 1.86. The lowest BCUT2D eigenvalue weighted by molar-refractivity contribution is 0.0690. The van der Waals surface area contributed by atoms with Crippen molar-refractivity contribution in [3.8, 4) is 0 Å². The van der Waals surface area contributed by atoms with E-state index in [0.29, 0.717) is 17.5 Å². The molecule has 0 unspecified atom stereocenters. The molecule has 0 spiro atoms. The molecule has 0 atom stereocenters. The van der Waals surface area contributed by atoms with Crippen LogP contribution in [0, 0.1) is 0 Å². The van der Waals surface area contributed by atoms with E-state index in [9.17, 15) is 9.90 Å². The van der Waals surface area contributed by atoms with Gasteiger partial charge in [-0.1, -0.05) is 6.07 Å². The van der Waals surface area contributed by atoms with Crippen molar-refractivity contribution >= 4 is 17.4 Å². The average Bonchev–Trinajstić information content (AvgIpc) is 2.97. The zero-order valence-corrected chi connectivity index (χ0v) is 8.55. The highest BCUT2D eigenvalue weighted by Crippen LogP contribution is 2.26. The third-order valence-electron chi connectivity index (χ3n) is 2.65. The van der Waals surface area contributed by atoms with Gasteiger partial charge in [0.1, 0.15) is 5.65 Å². The van der Waals surface area contributed by atoms with Gasteiger partial charge in [0.15, 0.2) is 11.5 Å². The molecule has 16 heavy (non-hydrogen) atoms. The van der Waals surface area contributed by atoms with E-state index in [2.05, 4.69) is 10.3 Å². The highest BCUT2D eigenvalue weighted by molar-refractivity contribution is 5.93. The highest BCUT2D eigenvalue weighted by atomic mass is 16.4.